The van der Waals surface area contributed by atoms with Crippen LogP contribution in [0, 0.1) is 5.82 Å². The van der Waals surface area contributed by atoms with Gasteiger partial charge < -0.3 is 5.32 Å². The Morgan fingerprint density at radius 1 is 1.53 bits per heavy atom. The molecule has 0 aliphatic carbocycles. The van der Waals surface area contributed by atoms with E-state index in [4.69, 9.17) is 11.6 Å². The molecule has 8 heteroatoms. The number of amides is 1. The first-order valence-electron chi connectivity index (χ1n) is 5.18. The fraction of sp³-hybridized carbons (Fsp3) is 0.0909. The number of anilines is 1. The van der Waals surface area contributed by atoms with Crippen molar-refractivity contribution in [1.82, 2.24) is 15.0 Å². The Bertz CT molecular complexity index is 629. The maximum atomic E-state index is 13.4. The molecule has 0 aliphatic heterocycles. The predicted octanol–water partition coefficient (Wildman–Crippen LogP) is 1.52. The van der Waals surface area contributed by atoms with Gasteiger partial charge in [0.15, 0.2) is 6.29 Å². The molecule has 1 amide bonds. The summed E-state index contributed by atoms with van der Waals surface area (Å²) in [5.41, 5.74) is 0.135. The number of carbonyl (C=O) groups excluding carboxylic acids is 2. The van der Waals surface area contributed by atoms with Crippen molar-refractivity contribution in [1.29, 1.82) is 0 Å². The molecule has 1 heterocycles. The average Bonchev–Trinajstić information content (AvgIpc) is 2.80. The highest BCUT2D eigenvalue weighted by atomic mass is 35.5. The Balaban J connectivity index is 2.02. The van der Waals surface area contributed by atoms with Crippen molar-refractivity contribution in [3.8, 4) is 0 Å². The maximum Gasteiger partial charge on any atom is 0.246 e. The Morgan fingerprint density at radius 3 is 2.95 bits per heavy atom. The van der Waals surface area contributed by atoms with Crippen molar-refractivity contribution >= 4 is 29.5 Å². The van der Waals surface area contributed by atoms with E-state index >= 15 is 0 Å². The SMILES string of the molecule is O=Cc1cn(CC(=O)Nc2ccc(Cl)cc2F)nn1. The number of halogens is 2. The van der Waals surface area contributed by atoms with E-state index in [-0.39, 0.29) is 22.9 Å². The first-order valence-corrected chi connectivity index (χ1v) is 5.56. The summed E-state index contributed by atoms with van der Waals surface area (Å²) in [5.74, 6) is -1.13. The summed E-state index contributed by atoms with van der Waals surface area (Å²) < 4.78 is 14.6. The molecule has 0 fully saturated rings. The summed E-state index contributed by atoms with van der Waals surface area (Å²) in [7, 11) is 0. The second-order valence-corrected chi connectivity index (χ2v) is 4.07. The quantitative estimate of drug-likeness (QED) is 0.863. The lowest BCUT2D eigenvalue weighted by atomic mass is 10.3. The molecule has 0 spiro atoms. The number of carbonyl (C=O) groups is 2. The molecule has 98 valence electrons. The summed E-state index contributed by atoms with van der Waals surface area (Å²) in [6, 6.07) is 3.91. The normalized spacial score (nSPS) is 10.2. The monoisotopic (exact) mass is 282 g/mol. The smallest absolute Gasteiger partial charge is 0.246 e. The van der Waals surface area contributed by atoms with Crippen LogP contribution in [0.5, 0.6) is 0 Å². The van der Waals surface area contributed by atoms with Crippen LogP contribution in [0.3, 0.4) is 0 Å². The standard InChI is InChI=1S/C11H8ClFN4O2/c12-7-1-2-10(9(13)3-7)14-11(19)5-17-4-8(6-18)15-16-17/h1-4,6H,5H2,(H,14,19). The Labute approximate surface area is 112 Å². The summed E-state index contributed by atoms with van der Waals surface area (Å²) >= 11 is 5.59. The van der Waals surface area contributed by atoms with Crippen LogP contribution in [0.4, 0.5) is 10.1 Å². The number of aromatic nitrogens is 3. The van der Waals surface area contributed by atoms with E-state index in [9.17, 15) is 14.0 Å². The number of benzene rings is 1. The van der Waals surface area contributed by atoms with Gasteiger partial charge in [-0.3, -0.25) is 9.59 Å². The lowest BCUT2D eigenvalue weighted by Gasteiger charge is -2.06. The number of nitrogens with zero attached hydrogens (tertiary/aromatic N) is 3. The van der Waals surface area contributed by atoms with Crippen molar-refractivity contribution in [2.45, 2.75) is 6.54 Å². The molecule has 1 aromatic heterocycles. The molecule has 0 radical (unpaired) electrons. The Morgan fingerprint density at radius 2 is 2.32 bits per heavy atom. The Hall–Kier alpha value is -2.28. The van der Waals surface area contributed by atoms with Crippen molar-refractivity contribution in [3.05, 3.63) is 40.9 Å². The van der Waals surface area contributed by atoms with Gasteiger partial charge in [0.25, 0.3) is 0 Å². The number of nitrogens with one attached hydrogen (secondary N) is 1. The molecule has 0 saturated carbocycles. The zero-order valence-electron chi connectivity index (χ0n) is 9.51. The Kier molecular flexibility index (Phi) is 3.86. The highest BCUT2D eigenvalue weighted by molar-refractivity contribution is 6.30. The van der Waals surface area contributed by atoms with E-state index < -0.39 is 11.7 Å². The molecule has 19 heavy (non-hydrogen) atoms. The van der Waals surface area contributed by atoms with E-state index in [1.165, 1.54) is 23.0 Å². The van der Waals surface area contributed by atoms with Gasteiger partial charge in [-0.25, -0.2) is 9.07 Å². The number of aldehydes is 1. The lowest BCUT2D eigenvalue weighted by Crippen LogP contribution is -2.19. The average molecular weight is 283 g/mol. The second kappa shape index (κ2) is 5.57. The summed E-state index contributed by atoms with van der Waals surface area (Å²) in [6.07, 6.45) is 1.82. The van der Waals surface area contributed by atoms with Crippen LogP contribution in [-0.2, 0) is 11.3 Å². The number of hydrogen-bond donors (Lipinski definition) is 1. The van der Waals surface area contributed by atoms with Crippen molar-refractivity contribution in [2.75, 3.05) is 5.32 Å². The topological polar surface area (TPSA) is 76.9 Å². The summed E-state index contributed by atoms with van der Waals surface area (Å²) in [4.78, 5) is 22.0. The molecular weight excluding hydrogens is 275 g/mol. The predicted molar refractivity (Wildman–Crippen MR) is 65.4 cm³/mol. The van der Waals surface area contributed by atoms with Gasteiger partial charge in [0.1, 0.15) is 18.1 Å². The van der Waals surface area contributed by atoms with E-state index in [1.807, 2.05) is 0 Å². The molecule has 2 rings (SSSR count). The molecule has 0 saturated heterocycles. The van der Waals surface area contributed by atoms with Gasteiger partial charge in [0, 0.05) is 5.02 Å². The fourth-order valence-electron chi connectivity index (χ4n) is 1.37. The highest BCUT2D eigenvalue weighted by Crippen LogP contribution is 2.18. The zero-order valence-corrected chi connectivity index (χ0v) is 10.3. The molecule has 1 aromatic carbocycles. The first-order chi connectivity index (χ1) is 9.08. The molecule has 2 aromatic rings. The van der Waals surface area contributed by atoms with Crippen LogP contribution < -0.4 is 5.32 Å². The van der Waals surface area contributed by atoms with Crippen LogP contribution in [0.15, 0.2) is 24.4 Å². The van der Waals surface area contributed by atoms with E-state index in [1.54, 1.807) is 0 Å². The molecular formula is C11H8ClFN4O2. The van der Waals surface area contributed by atoms with Crippen LogP contribution in [0.25, 0.3) is 0 Å². The number of rotatable bonds is 4. The largest absolute Gasteiger partial charge is 0.322 e. The van der Waals surface area contributed by atoms with Gasteiger partial charge in [-0.1, -0.05) is 16.8 Å². The summed E-state index contributed by atoms with van der Waals surface area (Å²) in [5, 5.41) is 9.66. The molecule has 0 bridgehead atoms. The van der Waals surface area contributed by atoms with Crippen molar-refractivity contribution < 1.29 is 14.0 Å². The second-order valence-electron chi connectivity index (χ2n) is 3.63. The zero-order chi connectivity index (χ0) is 13.8. The van der Waals surface area contributed by atoms with Crippen LogP contribution >= 0.6 is 11.6 Å². The molecule has 6 nitrogen and oxygen atoms in total. The summed E-state index contributed by atoms with van der Waals surface area (Å²) in [6.45, 7) is -0.178. The van der Waals surface area contributed by atoms with Gasteiger partial charge >= 0.3 is 0 Å². The molecule has 1 N–H and O–H groups in total. The third-order valence-corrected chi connectivity index (χ3v) is 2.42. The maximum absolute atomic E-state index is 13.4. The minimum Gasteiger partial charge on any atom is -0.322 e. The lowest BCUT2D eigenvalue weighted by molar-refractivity contribution is -0.117. The van der Waals surface area contributed by atoms with E-state index in [0.717, 1.165) is 6.07 Å². The van der Waals surface area contributed by atoms with Gasteiger partial charge in [0.2, 0.25) is 5.91 Å². The molecule has 0 unspecified atom stereocenters. The minimum absolute atomic E-state index is 0.0186. The van der Waals surface area contributed by atoms with Crippen LogP contribution in [0.2, 0.25) is 5.02 Å². The van der Waals surface area contributed by atoms with E-state index in [2.05, 4.69) is 15.6 Å². The molecule has 0 aliphatic rings. The van der Waals surface area contributed by atoms with Gasteiger partial charge in [-0.15, -0.1) is 5.10 Å². The van der Waals surface area contributed by atoms with Gasteiger partial charge in [-0.2, -0.15) is 0 Å². The number of hydrogen-bond acceptors (Lipinski definition) is 4. The fourth-order valence-corrected chi connectivity index (χ4v) is 1.53. The third kappa shape index (κ3) is 3.35. The van der Waals surface area contributed by atoms with Gasteiger partial charge in [-0.05, 0) is 18.2 Å². The van der Waals surface area contributed by atoms with Gasteiger partial charge in [0.05, 0.1) is 11.9 Å². The van der Waals surface area contributed by atoms with Crippen molar-refractivity contribution in [2.24, 2.45) is 0 Å². The third-order valence-electron chi connectivity index (χ3n) is 2.19. The van der Waals surface area contributed by atoms with Crippen LogP contribution in [-0.4, -0.2) is 27.2 Å². The first kappa shape index (κ1) is 13.2. The minimum atomic E-state index is -0.631. The molecule has 0 atom stereocenters. The van der Waals surface area contributed by atoms with Crippen molar-refractivity contribution in [3.63, 3.8) is 0 Å². The van der Waals surface area contributed by atoms with E-state index in [0.29, 0.717) is 6.29 Å². The highest BCUT2D eigenvalue weighted by Gasteiger charge is 2.09. The van der Waals surface area contributed by atoms with Crippen LogP contribution in [0.1, 0.15) is 10.5 Å².